The maximum Gasteiger partial charge on any atom is 0.471 e. The molecule has 2 aliphatic heterocycles. The number of halogens is 6. The number of hydrogen-bond acceptors (Lipinski definition) is 4. The van der Waals surface area contributed by atoms with Crippen LogP contribution in [0.1, 0.15) is 11.1 Å². The van der Waals surface area contributed by atoms with Crippen LogP contribution in [0.2, 0.25) is 0 Å². The lowest BCUT2D eigenvalue weighted by molar-refractivity contribution is -0.191. The Morgan fingerprint density at radius 1 is 1.09 bits per heavy atom. The highest BCUT2D eigenvalue weighted by Crippen LogP contribution is 2.29. The average molecular weight is 493 g/mol. The number of carbonyl (C=O) groups is 2. The number of alkyl halides is 5. The van der Waals surface area contributed by atoms with Crippen LogP contribution in [0.5, 0.6) is 0 Å². The lowest BCUT2D eigenvalue weighted by atomic mass is 9.66. The molecule has 2 aromatic carbocycles. The Hall–Kier alpha value is -3.64. The largest absolute Gasteiger partial charge is 0.471 e. The highest BCUT2D eigenvalue weighted by molar-refractivity contribution is 7.02. The molecule has 0 atom stereocenters. The second-order valence-corrected chi connectivity index (χ2v) is 7.93. The van der Waals surface area contributed by atoms with E-state index in [1.54, 1.807) is 30.3 Å². The van der Waals surface area contributed by atoms with Crippen molar-refractivity contribution in [2.24, 2.45) is 16.1 Å². The monoisotopic (exact) mass is 493 g/mol. The van der Waals surface area contributed by atoms with Crippen molar-refractivity contribution in [2.45, 2.75) is 19.1 Å². The molecule has 0 saturated carbocycles. The third-order valence-electron chi connectivity index (χ3n) is 5.55. The first-order valence-corrected chi connectivity index (χ1v) is 10.3. The Morgan fingerprint density at radius 2 is 1.77 bits per heavy atom. The van der Waals surface area contributed by atoms with Gasteiger partial charge in [0.15, 0.2) is 0 Å². The van der Waals surface area contributed by atoms with E-state index in [9.17, 15) is 35.9 Å². The van der Waals surface area contributed by atoms with Crippen LogP contribution in [0.25, 0.3) is 0 Å². The van der Waals surface area contributed by atoms with E-state index in [0.717, 1.165) is 13.3 Å². The van der Waals surface area contributed by atoms with Gasteiger partial charge in [0.05, 0.1) is 18.1 Å². The maximum absolute atomic E-state index is 14.9. The van der Waals surface area contributed by atoms with E-state index < -0.39 is 54.9 Å². The number of likely N-dealkylation sites (tertiary alicyclic amines) is 1. The Morgan fingerprint density at radius 3 is 2.34 bits per heavy atom. The Balaban J connectivity index is 1.50. The first-order chi connectivity index (χ1) is 16.5. The summed E-state index contributed by atoms with van der Waals surface area (Å²) >= 11 is 0. The molecule has 2 aliphatic rings. The lowest BCUT2D eigenvalue weighted by Gasteiger charge is -2.40. The molecule has 13 heteroatoms. The zero-order valence-corrected chi connectivity index (χ0v) is 17.8. The van der Waals surface area contributed by atoms with Crippen LogP contribution in [0, 0.1) is 11.7 Å². The number of benzene rings is 2. The van der Waals surface area contributed by atoms with Gasteiger partial charge < -0.3 is 9.80 Å². The van der Waals surface area contributed by atoms with Crippen molar-refractivity contribution in [2.75, 3.05) is 18.0 Å². The fourth-order valence-corrected chi connectivity index (χ4v) is 3.67. The minimum Gasteiger partial charge on any atom is -0.333 e. The van der Waals surface area contributed by atoms with Crippen molar-refractivity contribution in [1.29, 1.82) is 0 Å². The van der Waals surface area contributed by atoms with Gasteiger partial charge in [0.1, 0.15) is 5.82 Å². The summed E-state index contributed by atoms with van der Waals surface area (Å²) in [6.07, 6.45) is -7.85. The second kappa shape index (κ2) is 9.55. The molecule has 1 fully saturated rings. The summed E-state index contributed by atoms with van der Waals surface area (Å²) in [5.74, 6) is -4.19. The molecule has 2 amide bonds. The molecule has 1 saturated heterocycles. The molecular weight excluding hydrogens is 477 g/mol. The molecule has 0 aliphatic carbocycles. The molecule has 0 unspecified atom stereocenters. The number of anilines is 1. The zero-order chi connectivity index (χ0) is 25.3. The van der Waals surface area contributed by atoms with Crippen molar-refractivity contribution in [3.63, 3.8) is 0 Å². The fourth-order valence-electron chi connectivity index (χ4n) is 3.67. The van der Waals surface area contributed by atoms with Gasteiger partial charge in [0.25, 0.3) is 13.7 Å². The van der Waals surface area contributed by atoms with Gasteiger partial charge in [0.2, 0.25) is 5.91 Å². The molecule has 1 radical (unpaired) electrons. The molecule has 2 heterocycles. The second-order valence-electron chi connectivity index (χ2n) is 7.93. The molecule has 2 aromatic rings. The van der Waals surface area contributed by atoms with E-state index in [4.69, 9.17) is 0 Å². The van der Waals surface area contributed by atoms with Gasteiger partial charge in [-0.05, 0) is 23.8 Å². The van der Waals surface area contributed by atoms with Gasteiger partial charge in [0, 0.05) is 30.0 Å². The fraction of sp³-hybridized carbons (Fsp3) is 0.273. The summed E-state index contributed by atoms with van der Waals surface area (Å²) in [7, 11) is 1.05. The molecule has 0 spiro atoms. The molecule has 0 bridgehead atoms. The number of amides is 2. The quantitative estimate of drug-likeness (QED) is 0.458. The number of nitrogens with zero attached hydrogens (tertiary/aromatic N) is 4. The van der Waals surface area contributed by atoms with E-state index in [2.05, 4.69) is 10.2 Å². The Kier molecular flexibility index (Phi) is 6.68. The van der Waals surface area contributed by atoms with Crippen LogP contribution >= 0.6 is 0 Å². The molecule has 35 heavy (non-hydrogen) atoms. The van der Waals surface area contributed by atoms with Gasteiger partial charge in [-0.3, -0.25) is 9.59 Å². The van der Waals surface area contributed by atoms with Crippen LogP contribution in [-0.2, 0) is 16.1 Å². The van der Waals surface area contributed by atoms with Crippen molar-refractivity contribution in [3.05, 3.63) is 65.5 Å². The van der Waals surface area contributed by atoms with E-state index in [1.165, 1.54) is 17.0 Å². The molecule has 0 aromatic heterocycles. The lowest BCUT2D eigenvalue weighted by Crippen LogP contribution is -2.59. The van der Waals surface area contributed by atoms with E-state index >= 15 is 0 Å². The van der Waals surface area contributed by atoms with Gasteiger partial charge >= 0.3 is 12.1 Å². The van der Waals surface area contributed by atoms with Crippen molar-refractivity contribution in [1.82, 2.24) is 4.90 Å². The van der Waals surface area contributed by atoms with Crippen LogP contribution in [0.3, 0.4) is 0 Å². The molecule has 4 rings (SSSR count). The van der Waals surface area contributed by atoms with E-state index in [0.29, 0.717) is 10.6 Å². The van der Waals surface area contributed by atoms with E-state index in [-0.39, 0.29) is 23.3 Å². The van der Waals surface area contributed by atoms with Crippen LogP contribution in [0.4, 0.5) is 32.0 Å². The van der Waals surface area contributed by atoms with Gasteiger partial charge in [-0.2, -0.15) is 23.4 Å². The van der Waals surface area contributed by atoms with Crippen LogP contribution < -0.4 is 4.90 Å². The Labute approximate surface area is 196 Å². The number of carbonyl (C=O) groups excluding carboxylic acids is 2. The minimum absolute atomic E-state index is 0.0608. The normalized spacial score (nSPS) is 15.9. The topological polar surface area (TPSA) is 65.3 Å². The first-order valence-electron chi connectivity index (χ1n) is 10.3. The zero-order valence-electron chi connectivity index (χ0n) is 17.8. The SMILES string of the molecule is O=C(C1CN(C(=O)C(F)(F)F)C1)N(Cc1ccc(C2=NN=C(C(F)F)[B]2)cc1F)c1ccccc1. The predicted molar refractivity (Wildman–Crippen MR) is 116 cm³/mol. The first kappa shape index (κ1) is 24.5. The average Bonchev–Trinajstić information content (AvgIpc) is 3.28. The maximum atomic E-state index is 14.9. The molecule has 181 valence electrons. The summed E-state index contributed by atoms with van der Waals surface area (Å²) in [5.41, 5.74) is 0.213. The number of para-hydroxylation sites is 1. The molecule has 6 nitrogen and oxygen atoms in total. The highest BCUT2D eigenvalue weighted by atomic mass is 19.4. The van der Waals surface area contributed by atoms with Crippen molar-refractivity contribution < 1.29 is 35.9 Å². The summed E-state index contributed by atoms with van der Waals surface area (Å²) in [6.45, 7) is -1.04. The highest BCUT2D eigenvalue weighted by Gasteiger charge is 2.48. The van der Waals surface area contributed by atoms with Gasteiger partial charge in [-0.15, -0.1) is 0 Å². The number of hydrogen-bond donors (Lipinski definition) is 0. The van der Waals surface area contributed by atoms with Gasteiger partial charge in [-0.25, -0.2) is 13.2 Å². The Bertz CT molecular complexity index is 1200. The number of rotatable bonds is 6. The predicted octanol–water partition coefficient (Wildman–Crippen LogP) is 3.42. The van der Waals surface area contributed by atoms with Crippen LogP contribution in [-0.4, -0.2) is 60.9 Å². The summed E-state index contributed by atoms with van der Waals surface area (Å²) in [5, 5.41) is 6.97. The van der Waals surface area contributed by atoms with E-state index in [1.807, 2.05) is 0 Å². The summed E-state index contributed by atoms with van der Waals surface area (Å²) in [6, 6.07) is 12.1. The summed E-state index contributed by atoms with van der Waals surface area (Å²) in [4.78, 5) is 26.2. The standard InChI is InChI=1S/C22H16BF6N4O2/c24-16-8-12(17-23-18(19(25)26)31-30-17)6-7-13(16)11-33(15-4-2-1-3-5-15)20(34)14-9-32(10-14)21(35)22(27,28)29/h1-8,14,19H,9-11H2. The molecule has 0 N–H and O–H groups in total. The van der Waals surface area contributed by atoms with Crippen molar-refractivity contribution >= 4 is 36.0 Å². The molecular formula is C22H16BF6N4O2. The minimum atomic E-state index is -5.03. The summed E-state index contributed by atoms with van der Waals surface area (Å²) < 4.78 is 78.3. The van der Waals surface area contributed by atoms with Crippen molar-refractivity contribution in [3.8, 4) is 0 Å². The van der Waals surface area contributed by atoms with Gasteiger partial charge in [-0.1, -0.05) is 30.3 Å². The third kappa shape index (κ3) is 5.23. The third-order valence-corrected chi connectivity index (χ3v) is 5.55. The van der Waals surface area contributed by atoms with Crippen LogP contribution in [0.15, 0.2) is 58.7 Å². The smallest absolute Gasteiger partial charge is 0.333 e.